The maximum atomic E-state index is 14.1. The number of halogens is 1. The van der Waals surface area contributed by atoms with Crippen LogP contribution in [0.3, 0.4) is 0 Å². The van der Waals surface area contributed by atoms with Crippen LogP contribution in [0.1, 0.15) is 11.4 Å². The number of para-hydroxylation sites is 1. The predicted octanol–water partition coefficient (Wildman–Crippen LogP) is 3.87. The molecule has 0 unspecified atom stereocenters. The Hall–Kier alpha value is -3.66. The highest BCUT2D eigenvalue weighted by molar-refractivity contribution is 5.61. The summed E-state index contributed by atoms with van der Waals surface area (Å²) in [7, 11) is 0. The zero-order valence-corrected chi connectivity index (χ0v) is 16.1. The summed E-state index contributed by atoms with van der Waals surface area (Å²) >= 11 is 0. The van der Waals surface area contributed by atoms with Crippen molar-refractivity contribution in [3.63, 3.8) is 0 Å². The van der Waals surface area contributed by atoms with E-state index in [9.17, 15) is 4.39 Å². The number of nitrogens with one attached hydrogen (secondary N) is 1. The Morgan fingerprint density at radius 3 is 2.48 bits per heavy atom. The van der Waals surface area contributed by atoms with E-state index in [1.54, 1.807) is 18.2 Å². The molecular weight excluding hydrogens is 367 g/mol. The summed E-state index contributed by atoms with van der Waals surface area (Å²) in [5.41, 5.74) is 2.04. The van der Waals surface area contributed by atoms with Crippen LogP contribution in [0.25, 0.3) is 0 Å². The number of nitrogens with zero attached hydrogens (tertiary/aromatic N) is 5. The van der Waals surface area contributed by atoms with Gasteiger partial charge in [-0.2, -0.15) is 5.26 Å². The van der Waals surface area contributed by atoms with E-state index >= 15 is 0 Å². The van der Waals surface area contributed by atoms with E-state index in [0.717, 1.165) is 37.7 Å². The normalized spacial score (nSPS) is 13.8. The van der Waals surface area contributed by atoms with Crippen LogP contribution >= 0.6 is 0 Å². The smallest absolute Gasteiger partial charge is 0.146 e. The van der Waals surface area contributed by atoms with Gasteiger partial charge in [-0.3, -0.25) is 0 Å². The van der Waals surface area contributed by atoms with Gasteiger partial charge in [0, 0.05) is 37.9 Å². The first kappa shape index (κ1) is 18.7. The molecule has 2 heterocycles. The summed E-state index contributed by atoms with van der Waals surface area (Å²) in [6.45, 7) is 4.78. The van der Waals surface area contributed by atoms with Gasteiger partial charge < -0.3 is 15.1 Å². The lowest BCUT2D eigenvalue weighted by Gasteiger charge is -2.37. The van der Waals surface area contributed by atoms with Gasteiger partial charge in [-0.25, -0.2) is 14.4 Å². The summed E-state index contributed by atoms with van der Waals surface area (Å²) in [6, 6.07) is 18.2. The first-order valence-electron chi connectivity index (χ1n) is 9.50. The van der Waals surface area contributed by atoms with Crippen molar-refractivity contribution in [2.75, 3.05) is 41.3 Å². The van der Waals surface area contributed by atoms with E-state index in [-0.39, 0.29) is 5.82 Å². The quantitative estimate of drug-likeness (QED) is 0.732. The highest BCUT2D eigenvalue weighted by Crippen LogP contribution is 2.24. The second kappa shape index (κ2) is 8.15. The van der Waals surface area contributed by atoms with Crippen molar-refractivity contribution in [1.82, 2.24) is 9.97 Å². The molecule has 1 fully saturated rings. The molecule has 0 aliphatic carbocycles. The van der Waals surface area contributed by atoms with Crippen molar-refractivity contribution in [1.29, 1.82) is 5.26 Å². The molecule has 29 heavy (non-hydrogen) atoms. The largest absolute Gasteiger partial charge is 0.366 e. The van der Waals surface area contributed by atoms with Gasteiger partial charge in [-0.05, 0) is 37.3 Å². The zero-order chi connectivity index (χ0) is 20.2. The van der Waals surface area contributed by atoms with Gasteiger partial charge in [0.1, 0.15) is 23.3 Å². The SMILES string of the molecule is Cc1nc(Nc2cccc(C#N)c2)cc(N2CCN(c3ccccc3F)CC2)n1. The zero-order valence-electron chi connectivity index (χ0n) is 16.1. The minimum absolute atomic E-state index is 0.190. The average molecular weight is 388 g/mol. The molecule has 1 aliphatic rings. The summed E-state index contributed by atoms with van der Waals surface area (Å²) in [6.07, 6.45) is 0. The van der Waals surface area contributed by atoms with Crippen molar-refractivity contribution in [2.45, 2.75) is 6.92 Å². The highest BCUT2D eigenvalue weighted by atomic mass is 19.1. The summed E-state index contributed by atoms with van der Waals surface area (Å²) < 4.78 is 14.1. The first-order valence-corrected chi connectivity index (χ1v) is 9.50. The van der Waals surface area contributed by atoms with Crippen molar-refractivity contribution in [3.05, 3.63) is 71.8 Å². The minimum Gasteiger partial charge on any atom is -0.366 e. The predicted molar refractivity (Wildman–Crippen MR) is 112 cm³/mol. The number of aryl methyl sites for hydroxylation is 1. The molecule has 1 N–H and O–H groups in total. The second-order valence-corrected chi connectivity index (χ2v) is 6.90. The lowest BCUT2D eigenvalue weighted by molar-refractivity contribution is 0.596. The second-order valence-electron chi connectivity index (χ2n) is 6.90. The molecule has 0 bridgehead atoms. The van der Waals surface area contributed by atoms with Crippen LogP contribution in [-0.2, 0) is 0 Å². The van der Waals surface area contributed by atoms with Gasteiger partial charge in [0.05, 0.1) is 17.3 Å². The van der Waals surface area contributed by atoms with Gasteiger partial charge in [0.2, 0.25) is 0 Å². The number of benzene rings is 2. The summed E-state index contributed by atoms with van der Waals surface area (Å²) in [4.78, 5) is 13.3. The monoisotopic (exact) mass is 388 g/mol. The van der Waals surface area contributed by atoms with E-state index in [1.165, 1.54) is 6.07 Å². The third kappa shape index (κ3) is 4.27. The van der Waals surface area contributed by atoms with E-state index in [1.807, 2.05) is 37.3 Å². The Balaban J connectivity index is 1.48. The van der Waals surface area contributed by atoms with Gasteiger partial charge in [0.25, 0.3) is 0 Å². The average Bonchev–Trinajstić information content (AvgIpc) is 2.74. The molecule has 0 saturated carbocycles. The maximum Gasteiger partial charge on any atom is 0.146 e. The number of aromatic nitrogens is 2. The Morgan fingerprint density at radius 1 is 0.966 bits per heavy atom. The standard InChI is InChI=1S/C22H21FN6/c1-16-25-21(27-18-6-4-5-17(13-18)15-24)14-22(26-16)29-11-9-28(10-12-29)20-8-3-2-7-19(20)23/h2-8,13-14H,9-12H2,1H3,(H,25,26,27). The number of hydrogen-bond donors (Lipinski definition) is 1. The molecule has 0 spiro atoms. The van der Waals surface area contributed by atoms with Gasteiger partial charge in [-0.15, -0.1) is 0 Å². The number of nitriles is 1. The van der Waals surface area contributed by atoms with E-state index in [4.69, 9.17) is 5.26 Å². The molecule has 2 aromatic carbocycles. The fourth-order valence-corrected chi connectivity index (χ4v) is 3.48. The molecule has 0 atom stereocenters. The van der Waals surface area contributed by atoms with Crippen LogP contribution in [0.4, 0.5) is 27.4 Å². The molecule has 1 aliphatic heterocycles. The molecule has 0 amide bonds. The molecule has 4 rings (SSSR count). The number of hydrogen-bond acceptors (Lipinski definition) is 6. The molecule has 1 aromatic heterocycles. The Morgan fingerprint density at radius 2 is 1.72 bits per heavy atom. The molecular formula is C22H21FN6. The fourth-order valence-electron chi connectivity index (χ4n) is 3.48. The maximum absolute atomic E-state index is 14.1. The molecule has 1 saturated heterocycles. The van der Waals surface area contributed by atoms with Crippen molar-refractivity contribution < 1.29 is 4.39 Å². The van der Waals surface area contributed by atoms with Gasteiger partial charge in [-0.1, -0.05) is 18.2 Å². The van der Waals surface area contributed by atoms with Crippen LogP contribution in [0.2, 0.25) is 0 Å². The van der Waals surface area contributed by atoms with Crippen LogP contribution in [0.15, 0.2) is 54.6 Å². The topological polar surface area (TPSA) is 68.1 Å². The van der Waals surface area contributed by atoms with Crippen LogP contribution in [-0.4, -0.2) is 36.1 Å². The number of anilines is 4. The number of piperazine rings is 1. The Kier molecular flexibility index (Phi) is 5.25. The van der Waals surface area contributed by atoms with E-state index < -0.39 is 0 Å². The van der Waals surface area contributed by atoms with Crippen molar-refractivity contribution >= 4 is 23.0 Å². The first-order chi connectivity index (χ1) is 14.1. The highest BCUT2D eigenvalue weighted by Gasteiger charge is 2.21. The van der Waals surface area contributed by atoms with E-state index in [2.05, 4.69) is 31.2 Å². The molecule has 0 radical (unpaired) electrons. The molecule has 146 valence electrons. The Labute approximate surface area is 169 Å². The third-order valence-electron chi connectivity index (χ3n) is 4.89. The van der Waals surface area contributed by atoms with Crippen molar-refractivity contribution in [3.8, 4) is 6.07 Å². The number of rotatable bonds is 4. The van der Waals surface area contributed by atoms with Gasteiger partial charge >= 0.3 is 0 Å². The van der Waals surface area contributed by atoms with Crippen molar-refractivity contribution in [2.24, 2.45) is 0 Å². The minimum atomic E-state index is -0.190. The molecule has 6 nitrogen and oxygen atoms in total. The lowest BCUT2D eigenvalue weighted by Crippen LogP contribution is -2.47. The van der Waals surface area contributed by atoms with Crippen LogP contribution < -0.4 is 15.1 Å². The lowest BCUT2D eigenvalue weighted by atomic mass is 10.2. The molecule has 7 heteroatoms. The molecule has 3 aromatic rings. The van der Waals surface area contributed by atoms with Crippen LogP contribution in [0.5, 0.6) is 0 Å². The van der Waals surface area contributed by atoms with Crippen LogP contribution in [0, 0.1) is 24.1 Å². The fraction of sp³-hybridized carbons (Fsp3) is 0.227. The summed E-state index contributed by atoms with van der Waals surface area (Å²) in [5.74, 6) is 1.99. The van der Waals surface area contributed by atoms with Gasteiger partial charge in [0.15, 0.2) is 0 Å². The van der Waals surface area contributed by atoms with E-state index in [0.29, 0.717) is 22.9 Å². The summed E-state index contributed by atoms with van der Waals surface area (Å²) in [5, 5.41) is 12.3. The Bertz CT molecular complexity index is 1050. The third-order valence-corrected chi connectivity index (χ3v) is 4.89.